The van der Waals surface area contributed by atoms with Gasteiger partial charge in [-0.3, -0.25) is 0 Å². The average Bonchev–Trinajstić information content (AvgIpc) is 2.55. The molecule has 3 rings (SSSR count). The van der Waals surface area contributed by atoms with Crippen molar-refractivity contribution in [2.75, 3.05) is 0 Å². The number of pyridine rings is 2. The molecule has 0 fully saturated rings. The van der Waals surface area contributed by atoms with E-state index in [9.17, 15) is 0 Å². The zero-order chi connectivity index (χ0) is 9.54. The fourth-order valence-electron chi connectivity index (χ4n) is 1.89. The van der Waals surface area contributed by atoms with Gasteiger partial charge in [0, 0.05) is 0 Å². The van der Waals surface area contributed by atoms with Crippen molar-refractivity contribution >= 4 is 23.4 Å². The topological polar surface area (TPSA) is 25.8 Å². The molecule has 0 bridgehead atoms. The molecule has 0 unspecified atom stereocenters. The third-order valence-electron chi connectivity index (χ3n) is 2.61. The molecule has 0 amide bonds. The van der Waals surface area contributed by atoms with E-state index in [-0.39, 0.29) is 0 Å². The standard InChI is InChI=1S/C11H9AsN2/c1-12-10-6-13-4-2-8(10)9-3-5-14-7-11(9)12/h2-7H,1H3. The van der Waals surface area contributed by atoms with Gasteiger partial charge >= 0.3 is 87.1 Å². The van der Waals surface area contributed by atoms with Crippen LogP contribution in [0.15, 0.2) is 36.9 Å². The molecule has 68 valence electrons. The van der Waals surface area contributed by atoms with Crippen molar-refractivity contribution in [1.29, 1.82) is 0 Å². The second kappa shape index (κ2) is 2.93. The molecule has 0 radical (unpaired) electrons. The van der Waals surface area contributed by atoms with Gasteiger partial charge in [0.1, 0.15) is 0 Å². The van der Waals surface area contributed by atoms with Gasteiger partial charge in [0.25, 0.3) is 0 Å². The summed E-state index contributed by atoms with van der Waals surface area (Å²) in [4.78, 5) is 8.41. The summed E-state index contributed by atoms with van der Waals surface area (Å²) in [6.07, 6.45) is 7.79. The number of hydrogen-bond donors (Lipinski definition) is 0. The Morgan fingerprint density at radius 2 is 1.43 bits per heavy atom. The van der Waals surface area contributed by atoms with Crippen molar-refractivity contribution < 1.29 is 0 Å². The van der Waals surface area contributed by atoms with Crippen LogP contribution in [0.3, 0.4) is 0 Å². The van der Waals surface area contributed by atoms with Crippen LogP contribution in [-0.4, -0.2) is 24.6 Å². The van der Waals surface area contributed by atoms with Crippen LogP contribution >= 0.6 is 0 Å². The van der Waals surface area contributed by atoms with Gasteiger partial charge < -0.3 is 0 Å². The van der Waals surface area contributed by atoms with E-state index in [0.717, 1.165) is 0 Å². The van der Waals surface area contributed by atoms with Crippen LogP contribution in [0.4, 0.5) is 0 Å². The molecule has 0 aliphatic carbocycles. The predicted molar refractivity (Wildman–Crippen MR) is 58.4 cm³/mol. The Hall–Kier alpha value is -1.14. The molecular formula is C11H9AsN2. The van der Waals surface area contributed by atoms with Gasteiger partial charge in [0.15, 0.2) is 0 Å². The summed E-state index contributed by atoms with van der Waals surface area (Å²) in [6.45, 7) is 0. The van der Waals surface area contributed by atoms with Crippen LogP contribution in [0.25, 0.3) is 11.1 Å². The Bertz CT molecular complexity index is 451. The molecule has 1 aliphatic rings. The molecule has 0 atom stereocenters. The van der Waals surface area contributed by atoms with Crippen molar-refractivity contribution in [2.45, 2.75) is 5.71 Å². The van der Waals surface area contributed by atoms with Crippen molar-refractivity contribution in [1.82, 2.24) is 9.97 Å². The van der Waals surface area contributed by atoms with Gasteiger partial charge in [-0.25, -0.2) is 0 Å². The zero-order valence-electron chi connectivity index (χ0n) is 7.81. The normalized spacial score (nSPS) is 13.8. The van der Waals surface area contributed by atoms with Gasteiger partial charge in [-0.2, -0.15) is 0 Å². The Labute approximate surface area is 87.3 Å². The second-order valence-electron chi connectivity index (χ2n) is 3.34. The third kappa shape index (κ3) is 0.977. The van der Waals surface area contributed by atoms with Gasteiger partial charge in [-0.05, 0) is 0 Å². The molecule has 1 aliphatic heterocycles. The molecule has 2 aromatic rings. The summed E-state index contributed by atoms with van der Waals surface area (Å²) in [5.41, 5.74) is 5.10. The molecule has 0 saturated heterocycles. The van der Waals surface area contributed by atoms with E-state index in [0.29, 0.717) is 0 Å². The summed E-state index contributed by atoms with van der Waals surface area (Å²) >= 11 is -1.04. The van der Waals surface area contributed by atoms with Crippen molar-refractivity contribution in [3.63, 3.8) is 0 Å². The minimum atomic E-state index is -1.04. The first-order valence-corrected chi connectivity index (χ1v) is 8.25. The first kappa shape index (κ1) is 8.19. The molecule has 0 spiro atoms. The fourth-order valence-corrected chi connectivity index (χ4v) is 5.78. The van der Waals surface area contributed by atoms with E-state index in [4.69, 9.17) is 0 Å². The Morgan fingerprint density at radius 1 is 0.929 bits per heavy atom. The monoisotopic (exact) mass is 244 g/mol. The number of fused-ring (bicyclic) bond motifs is 3. The van der Waals surface area contributed by atoms with E-state index in [1.165, 1.54) is 19.8 Å². The Balaban J connectivity index is 2.36. The molecule has 2 nitrogen and oxygen atoms in total. The SMILES string of the molecule is C[As]1c2cnccc2-c2ccncc21. The van der Waals surface area contributed by atoms with E-state index in [1.54, 1.807) is 0 Å². The first-order chi connectivity index (χ1) is 6.88. The maximum absolute atomic E-state index is 4.21. The molecular weight excluding hydrogens is 235 g/mol. The zero-order valence-corrected chi connectivity index (χ0v) is 9.68. The van der Waals surface area contributed by atoms with E-state index < -0.39 is 14.7 Å². The predicted octanol–water partition coefficient (Wildman–Crippen LogP) is 0.696. The van der Waals surface area contributed by atoms with E-state index >= 15 is 0 Å². The average molecular weight is 244 g/mol. The van der Waals surface area contributed by atoms with Crippen LogP contribution in [-0.2, 0) is 0 Å². The van der Waals surface area contributed by atoms with Gasteiger partial charge in [-0.15, -0.1) is 0 Å². The van der Waals surface area contributed by atoms with Crippen LogP contribution < -0.4 is 8.70 Å². The maximum atomic E-state index is 4.21. The summed E-state index contributed by atoms with van der Waals surface area (Å²) in [6, 6.07) is 4.23. The Morgan fingerprint density at radius 3 is 1.93 bits per heavy atom. The third-order valence-corrected chi connectivity index (χ3v) is 7.14. The van der Waals surface area contributed by atoms with Crippen LogP contribution in [0, 0.1) is 0 Å². The Kier molecular flexibility index (Phi) is 1.71. The first-order valence-electron chi connectivity index (χ1n) is 4.50. The van der Waals surface area contributed by atoms with Crippen molar-refractivity contribution in [3.8, 4) is 11.1 Å². The molecule has 0 saturated carbocycles. The molecule has 0 aromatic carbocycles. The quantitative estimate of drug-likeness (QED) is 0.637. The van der Waals surface area contributed by atoms with Gasteiger partial charge in [-0.1, -0.05) is 0 Å². The van der Waals surface area contributed by atoms with E-state index in [1.807, 2.05) is 24.8 Å². The van der Waals surface area contributed by atoms with Gasteiger partial charge in [0.2, 0.25) is 0 Å². The summed E-state index contributed by atoms with van der Waals surface area (Å²) in [5.74, 6) is 0. The van der Waals surface area contributed by atoms with Crippen molar-refractivity contribution in [2.24, 2.45) is 0 Å². The summed E-state index contributed by atoms with van der Waals surface area (Å²) in [7, 11) is 0. The number of hydrogen-bond acceptors (Lipinski definition) is 2. The second-order valence-corrected chi connectivity index (χ2v) is 7.71. The molecule has 3 heteroatoms. The number of aromatic nitrogens is 2. The van der Waals surface area contributed by atoms with Crippen molar-refractivity contribution in [3.05, 3.63) is 36.9 Å². The van der Waals surface area contributed by atoms with Crippen LogP contribution in [0.1, 0.15) is 0 Å². The fraction of sp³-hybridized carbons (Fsp3) is 0.0909. The van der Waals surface area contributed by atoms with Crippen LogP contribution in [0.2, 0.25) is 5.71 Å². The van der Waals surface area contributed by atoms with E-state index in [2.05, 4.69) is 27.8 Å². The molecule has 14 heavy (non-hydrogen) atoms. The molecule has 3 heterocycles. The summed E-state index contributed by atoms with van der Waals surface area (Å²) in [5, 5.41) is 0. The number of nitrogens with zero attached hydrogens (tertiary/aromatic N) is 2. The number of rotatable bonds is 0. The van der Waals surface area contributed by atoms with Gasteiger partial charge in [0.05, 0.1) is 0 Å². The molecule has 2 aromatic heterocycles. The van der Waals surface area contributed by atoms with Crippen LogP contribution in [0.5, 0.6) is 0 Å². The molecule has 0 N–H and O–H groups in total. The minimum absolute atomic E-state index is 1.04. The summed E-state index contributed by atoms with van der Waals surface area (Å²) < 4.78 is 2.92.